The van der Waals surface area contributed by atoms with Gasteiger partial charge in [-0.2, -0.15) is 0 Å². The highest BCUT2D eigenvalue weighted by molar-refractivity contribution is 7.92. The van der Waals surface area contributed by atoms with Gasteiger partial charge in [0, 0.05) is 35.1 Å². The Hall–Kier alpha value is -3.92. The molecular formula is C32H30Cl2FN3O4S. The van der Waals surface area contributed by atoms with Crippen molar-refractivity contribution in [3.05, 3.63) is 130 Å². The lowest BCUT2D eigenvalue weighted by Crippen LogP contribution is -2.53. The fourth-order valence-electron chi connectivity index (χ4n) is 4.55. The van der Waals surface area contributed by atoms with Gasteiger partial charge in [-0.3, -0.25) is 13.9 Å². The SMILES string of the molecule is CCNC(=O)C(Cc1ccccc1)N(Cc1ccccc1F)C(=O)CN(c1cccc(Cl)c1)S(=O)(=O)c1ccc(Cl)cc1. The molecule has 0 saturated carbocycles. The van der Waals surface area contributed by atoms with Crippen molar-refractivity contribution in [3.8, 4) is 0 Å². The highest BCUT2D eigenvalue weighted by Crippen LogP contribution is 2.28. The number of likely N-dealkylation sites (N-methyl/N-ethyl adjacent to an activating group) is 1. The van der Waals surface area contributed by atoms with Crippen LogP contribution in [0.2, 0.25) is 10.0 Å². The van der Waals surface area contributed by atoms with Gasteiger partial charge in [-0.05, 0) is 61.0 Å². The van der Waals surface area contributed by atoms with Crippen LogP contribution in [0.3, 0.4) is 0 Å². The van der Waals surface area contributed by atoms with Crippen molar-refractivity contribution in [2.24, 2.45) is 0 Å². The summed E-state index contributed by atoms with van der Waals surface area (Å²) in [5.41, 5.74) is 1.08. The normalized spacial score (nSPS) is 11.9. The van der Waals surface area contributed by atoms with E-state index in [4.69, 9.17) is 23.2 Å². The molecule has 0 aliphatic heterocycles. The van der Waals surface area contributed by atoms with Crippen LogP contribution in [-0.2, 0) is 32.6 Å². The van der Waals surface area contributed by atoms with Crippen LogP contribution in [-0.4, -0.2) is 44.3 Å². The van der Waals surface area contributed by atoms with Crippen LogP contribution < -0.4 is 9.62 Å². The number of rotatable bonds is 12. The van der Waals surface area contributed by atoms with Gasteiger partial charge in [-0.25, -0.2) is 12.8 Å². The van der Waals surface area contributed by atoms with E-state index in [9.17, 15) is 22.4 Å². The largest absolute Gasteiger partial charge is 0.355 e. The minimum atomic E-state index is -4.32. The summed E-state index contributed by atoms with van der Waals surface area (Å²) in [6.45, 7) is 1.08. The zero-order valence-corrected chi connectivity index (χ0v) is 25.6. The molecule has 0 fully saturated rings. The maximum absolute atomic E-state index is 14.9. The molecule has 7 nitrogen and oxygen atoms in total. The third kappa shape index (κ3) is 8.13. The van der Waals surface area contributed by atoms with E-state index in [-0.39, 0.29) is 34.1 Å². The second-order valence-electron chi connectivity index (χ2n) is 9.66. The summed E-state index contributed by atoms with van der Waals surface area (Å²) in [7, 11) is -4.32. The van der Waals surface area contributed by atoms with Crippen molar-refractivity contribution in [2.45, 2.75) is 30.8 Å². The number of anilines is 1. The van der Waals surface area contributed by atoms with Crippen LogP contribution in [0.25, 0.3) is 0 Å². The molecule has 43 heavy (non-hydrogen) atoms. The van der Waals surface area contributed by atoms with Crippen LogP contribution in [0.15, 0.2) is 108 Å². The highest BCUT2D eigenvalue weighted by Gasteiger charge is 2.35. The molecule has 1 atom stereocenters. The van der Waals surface area contributed by atoms with E-state index in [2.05, 4.69) is 5.32 Å². The van der Waals surface area contributed by atoms with E-state index in [0.717, 1.165) is 9.87 Å². The van der Waals surface area contributed by atoms with Gasteiger partial charge in [0.05, 0.1) is 10.6 Å². The van der Waals surface area contributed by atoms with Crippen molar-refractivity contribution in [1.82, 2.24) is 10.2 Å². The van der Waals surface area contributed by atoms with E-state index >= 15 is 0 Å². The third-order valence-electron chi connectivity index (χ3n) is 6.70. The van der Waals surface area contributed by atoms with Crippen molar-refractivity contribution < 1.29 is 22.4 Å². The molecule has 224 valence electrons. The van der Waals surface area contributed by atoms with Crippen molar-refractivity contribution in [1.29, 1.82) is 0 Å². The van der Waals surface area contributed by atoms with Crippen LogP contribution >= 0.6 is 23.2 Å². The predicted octanol–water partition coefficient (Wildman–Crippen LogP) is 6.10. The summed E-state index contributed by atoms with van der Waals surface area (Å²) >= 11 is 12.2. The summed E-state index contributed by atoms with van der Waals surface area (Å²) in [4.78, 5) is 28.8. The van der Waals surface area contributed by atoms with Crippen molar-refractivity contribution in [3.63, 3.8) is 0 Å². The number of benzene rings is 4. The molecule has 0 aliphatic rings. The molecule has 11 heteroatoms. The minimum Gasteiger partial charge on any atom is -0.355 e. The molecule has 2 amide bonds. The molecule has 0 radical (unpaired) electrons. The molecule has 0 aromatic heterocycles. The monoisotopic (exact) mass is 641 g/mol. The zero-order valence-electron chi connectivity index (χ0n) is 23.3. The molecule has 1 unspecified atom stereocenters. The summed E-state index contributed by atoms with van der Waals surface area (Å²) < 4.78 is 43.7. The topological polar surface area (TPSA) is 86.8 Å². The standard InChI is InChI=1S/C32H30Cl2FN3O4S/c1-2-36-32(40)30(19-23-9-4-3-5-10-23)37(21-24-11-6-7-14-29(24)35)31(39)22-38(27-13-8-12-26(34)20-27)43(41,42)28-17-15-25(33)16-18-28/h3-18,20,30H,2,19,21-22H2,1H3,(H,36,40). The van der Waals surface area contributed by atoms with E-state index in [1.807, 2.05) is 30.3 Å². The van der Waals surface area contributed by atoms with Gasteiger partial charge in [-0.1, -0.05) is 77.8 Å². The molecule has 4 rings (SSSR count). The maximum atomic E-state index is 14.9. The predicted molar refractivity (Wildman–Crippen MR) is 167 cm³/mol. The van der Waals surface area contributed by atoms with Gasteiger partial charge in [0.15, 0.2) is 0 Å². The smallest absolute Gasteiger partial charge is 0.264 e. The lowest BCUT2D eigenvalue weighted by Gasteiger charge is -2.34. The molecule has 4 aromatic carbocycles. The highest BCUT2D eigenvalue weighted by atomic mass is 35.5. The van der Waals surface area contributed by atoms with Gasteiger partial charge in [0.1, 0.15) is 18.4 Å². The Labute approximate surface area is 260 Å². The van der Waals surface area contributed by atoms with Gasteiger partial charge in [-0.15, -0.1) is 0 Å². The van der Waals surface area contributed by atoms with Crippen LogP contribution in [0.4, 0.5) is 10.1 Å². The Balaban J connectivity index is 1.80. The summed E-state index contributed by atoms with van der Waals surface area (Å²) in [6, 6.07) is 25.6. The fraction of sp³-hybridized carbons (Fsp3) is 0.188. The number of nitrogens with zero attached hydrogens (tertiary/aromatic N) is 2. The number of hydrogen-bond donors (Lipinski definition) is 1. The third-order valence-corrected chi connectivity index (χ3v) is 8.97. The Morgan fingerprint density at radius 3 is 2.19 bits per heavy atom. The Morgan fingerprint density at radius 1 is 0.860 bits per heavy atom. The first kappa shape index (κ1) is 32.0. The van der Waals surface area contributed by atoms with E-state index in [0.29, 0.717) is 11.6 Å². The molecule has 0 spiro atoms. The van der Waals surface area contributed by atoms with Crippen LogP contribution in [0.5, 0.6) is 0 Å². The van der Waals surface area contributed by atoms with Crippen LogP contribution in [0.1, 0.15) is 18.1 Å². The average Bonchev–Trinajstić information content (AvgIpc) is 2.99. The molecule has 0 saturated heterocycles. The molecule has 0 aliphatic carbocycles. The second-order valence-corrected chi connectivity index (χ2v) is 12.4. The molecule has 1 N–H and O–H groups in total. The number of amides is 2. The zero-order chi connectivity index (χ0) is 31.0. The Kier molecular flexibility index (Phi) is 10.8. The van der Waals surface area contributed by atoms with Gasteiger partial charge < -0.3 is 10.2 Å². The van der Waals surface area contributed by atoms with E-state index in [1.165, 1.54) is 59.5 Å². The second kappa shape index (κ2) is 14.5. The van der Waals surface area contributed by atoms with Crippen molar-refractivity contribution >= 4 is 50.7 Å². The van der Waals surface area contributed by atoms with Gasteiger partial charge in [0.2, 0.25) is 11.8 Å². The number of sulfonamides is 1. The van der Waals surface area contributed by atoms with Crippen LogP contribution in [0, 0.1) is 5.82 Å². The maximum Gasteiger partial charge on any atom is 0.264 e. The summed E-state index contributed by atoms with van der Waals surface area (Å²) in [5, 5.41) is 3.36. The average molecular weight is 643 g/mol. The Bertz CT molecular complexity index is 1670. The lowest BCUT2D eigenvalue weighted by atomic mass is 10.0. The molecule has 0 bridgehead atoms. The van der Waals surface area contributed by atoms with E-state index < -0.39 is 40.2 Å². The summed E-state index contributed by atoms with van der Waals surface area (Å²) in [5.74, 6) is -1.73. The van der Waals surface area contributed by atoms with Gasteiger partial charge in [0.25, 0.3) is 10.0 Å². The van der Waals surface area contributed by atoms with Gasteiger partial charge >= 0.3 is 0 Å². The Morgan fingerprint density at radius 2 is 1.53 bits per heavy atom. The first-order valence-corrected chi connectivity index (χ1v) is 15.7. The number of nitrogens with one attached hydrogen (secondary N) is 1. The van der Waals surface area contributed by atoms with E-state index in [1.54, 1.807) is 25.1 Å². The fourth-order valence-corrected chi connectivity index (χ4v) is 6.27. The number of hydrogen-bond acceptors (Lipinski definition) is 4. The number of halogens is 3. The summed E-state index contributed by atoms with van der Waals surface area (Å²) in [6.07, 6.45) is 0.119. The molecule has 4 aromatic rings. The first-order chi connectivity index (χ1) is 20.6. The van der Waals surface area contributed by atoms with Crippen molar-refractivity contribution in [2.75, 3.05) is 17.4 Å². The first-order valence-electron chi connectivity index (χ1n) is 13.5. The molecular weight excluding hydrogens is 612 g/mol. The number of carbonyl (C=O) groups is 2. The molecule has 0 heterocycles. The number of carbonyl (C=O) groups excluding carboxylic acids is 2. The lowest BCUT2D eigenvalue weighted by molar-refractivity contribution is -0.140. The minimum absolute atomic E-state index is 0.102. The quantitative estimate of drug-likeness (QED) is 0.202.